The summed E-state index contributed by atoms with van der Waals surface area (Å²) >= 11 is 0. The van der Waals surface area contributed by atoms with E-state index in [2.05, 4.69) is 35.5 Å². The monoisotopic (exact) mass is 335 g/mol. The van der Waals surface area contributed by atoms with Crippen molar-refractivity contribution in [3.8, 4) is 0 Å². The lowest BCUT2D eigenvalue weighted by Crippen LogP contribution is -2.56. The minimum absolute atomic E-state index is 0.301. The molecule has 1 amide bonds. The van der Waals surface area contributed by atoms with Gasteiger partial charge in [-0.3, -0.25) is 4.79 Å². The maximum atomic E-state index is 12.6. The molecular weight excluding hydrogens is 298 g/mol. The van der Waals surface area contributed by atoms with Gasteiger partial charge >= 0.3 is 0 Å². The number of hydrogen-bond donors (Lipinski definition) is 0. The van der Waals surface area contributed by atoms with Crippen LogP contribution in [0.15, 0.2) is 0 Å². The third-order valence-electron chi connectivity index (χ3n) is 6.74. The summed E-state index contributed by atoms with van der Waals surface area (Å²) in [6.07, 6.45) is 4.86. The highest BCUT2D eigenvalue weighted by atomic mass is 16.2. The Labute approximate surface area is 148 Å². The number of hydrogen-bond acceptors (Lipinski definition) is 3. The van der Waals surface area contributed by atoms with Crippen LogP contribution in [-0.4, -0.2) is 73.0 Å². The van der Waals surface area contributed by atoms with Crippen LogP contribution < -0.4 is 0 Å². The maximum absolute atomic E-state index is 12.6. The third kappa shape index (κ3) is 4.32. The van der Waals surface area contributed by atoms with Crippen LogP contribution in [0.5, 0.6) is 0 Å². The summed E-state index contributed by atoms with van der Waals surface area (Å²) in [6.45, 7) is 16.0. The SMILES string of the molecule is CCN1CCC(C(=O)N2CC(CN3CCC(C(C)C)CC3)C2)CC1. The van der Waals surface area contributed by atoms with E-state index in [1.807, 2.05) is 0 Å². The van der Waals surface area contributed by atoms with Crippen LogP contribution in [0.4, 0.5) is 0 Å². The molecule has 3 aliphatic heterocycles. The largest absolute Gasteiger partial charge is 0.342 e. The van der Waals surface area contributed by atoms with Crippen molar-refractivity contribution in [2.75, 3.05) is 52.4 Å². The minimum atomic E-state index is 0.301. The Kier molecular flexibility index (Phi) is 6.20. The fourth-order valence-corrected chi connectivity index (χ4v) is 4.79. The zero-order valence-electron chi connectivity index (χ0n) is 16.0. The first kappa shape index (κ1) is 18.2. The Morgan fingerprint density at radius 1 is 0.958 bits per heavy atom. The molecule has 0 radical (unpaired) electrons. The summed E-state index contributed by atoms with van der Waals surface area (Å²) in [5.74, 6) is 3.23. The van der Waals surface area contributed by atoms with Crippen molar-refractivity contribution >= 4 is 5.91 Å². The van der Waals surface area contributed by atoms with E-state index in [0.717, 1.165) is 63.3 Å². The highest BCUT2D eigenvalue weighted by Crippen LogP contribution is 2.28. The first-order valence-corrected chi connectivity index (χ1v) is 10.3. The standard InChI is InChI=1S/C20H37N3O/c1-4-21-9-7-19(8-10-21)20(24)23-14-17(15-23)13-22-11-5-18(6-12-22)16(2)3/h16-19H,4-15H2,1-3H3. The van der Waals surface area contributed by atoms with Crippen LogP contribution in [0.3, 0.4) is 0 Å². The van der Waals surface area contributed by atoms with Crippen molar-refractivity contribution in [1.29, 1.82) is 0 Å². The molecule has 0 N–H and O–H groups in total. The molecule has 0 bridgehead atoms. The van der Waals surface area contributed by atoms with Crippen LogP contribution in [0.2, 0.25) is 0 Å². The highest BCUT2D eigenvalue weighted by Gasteiger charge is 2.36. The topological polar surface area (TPSA) is 26.8 Å². The molecule has 0 aliphatic carbocycles. The summed E-state index contributed by atoms with van der Waals surface area (Å²) in [4.78, 5) is 19.9. The Balaban J connectivity index is 1.33. The second kappa shape index (κ2) is 8.18. The molecule has 3 heterocycles. The maximum Gasteiger partial charge on any atom is 0.225 e. The Morgan fingerprint density at radius 3 is 2.08 bits per heavy atom. The second-order valence-corrected chi connectivity index (χ2v) is 8.70. The molecule has 3 aliphatic rings. The first-order chi connectivity index (χ1) is 11.6. The van der Waals surface area contributed by atoms with Crippen molar-refractivity contribution in [1.82, 2.24) is 14.7 Å². The molecule has 3 saturated heterocycles. The second-order valence-electron chi connectivity index (χ2n) is 8.70. The number of likely N-dealkylation sites (tertiary alicyclic amines) is 3. The average molecular weight is 336 g/mol. The smallest absolute Gasteiger partial charge is 0.225 e. The van der Waals surface area contributed by atoms with Gasteiger partial charge in [-0.15, -0.1) is 0 Å². The van der Waals surface area contributed by atoms with E-state index < -0.39 is 0 Å². The van der Waals surface area contributed by atoms with E-state index in [4.69, 9.17) is 0 Å². The van der Waals surface area contributed by atoms with Crippen molar-refractivity contribution in [2.24, 2.45) is 23.7 Å². The quantitative estimate of drug-likeness (QED) is 0.772. The molecule has 4 heteroatoms. The molecule has 0 aromatic heterocycles. The fraction of sp³-hybridized carbons (Fsp3) is 0.950. The molecule has 0 aromatic rings. The molecule has 0 unspecified atom stereocenters. The van der Waals surface area contributed by atoms with E-state index in [1.165, 1.54) is 32.5 Å². The lowest BCUT2D eigenvalue weighted by Gasteiger charge is -2.45. The van der Waals surface area contributed by atoms with E-state index in [9.17, 15) is 4.79 Å². The number of carbonyl (C=O) groups excluding carboxylic acids is 1. The van der Waals surface area contributed by atoms with Crippen LogP contribution >= 0.6 is 0 Å². The van der Waals surface area contributed by atoms with Gasteiger partial charge in [-0.25, -0.2) is 0 Å². The van der Waals surface area contributed by atoms with Gasteiger partial charge in [-0.1, -0.05) is 20.8 Å². The molecule has 0 atom stereocenters. The fourth-order valence-electron chi connectivity index (χ4n) is 4.79. The molecule has 3 rings (SSSR count). The Hall–Kier alpha value is -0.610. The molecule has 0 aromatic carbocycles. The van der Waals surface area contributed by atoms with Gasteiger partial charge in [0.25, 0.3) is 0 Å². The summed E-state index contributed by atoms with van der Waals surface area (Å²) in [5, 5.41) is 0. The van der Waals surface area contributed by atoms with Crippen LogP contribution in [-0.2, 0) is 4.79 Å². The number of rotatable bonds is 5. The van der Waals surface area contributed by atoms with Crippen LogP contribution in [0.1, 0.15) is 46.5 Å². The zero-order chi connectivity index (χ0) is 17.1. The van der Waals surface area contributed by atoms with Crippen molar-refractivity contribution in [2.45, 2.75) is 46.5 Å². The average Bonchev–Trinajstić information content (AvgIpc) is 2.57. The van der Waals surface area contributed by atoms with Gasteiger partial charge in [0.05, 0.1) is 0 Å². The van der Waals surface area contributed by atoms with Gasteiger partial charge < -0.3 is 14.7 Å². The van der Waals surface area contributed by atoms with E-state index >= 15 is 0 Å². The lowest BCUT2D eigenvalue weighted by atomic mass is 9.86. The Bertz CT molecular complexity index is 403. The predicted octanol–water partition coefficient (Wildman–Crippen LogP) is 2.54. The predicted molar refractivity (Wildman–Crippen MR) is 98.9 cm³/mol. The van der Waals surface area contributed by atoms with Gasteiger partial charge in [0.1, 0.15) is 0 Å². The van der Waals surface area contributed by atoms with Gasteiger partial charge in [0, 0.05) is 31.5 Å². The van der Waals surface area contributed by atoms with E-state index in [0.29, 0.717) is 11.8 Å². The number of piperidine rings is 2. The normalized spacial score (nSPS) is 26.1. The number of nitrogens with zero attached hydrogens (tertiary/aromatic N) is 3. The molecule has 4 nitrogen and oxygen atoms in total. The van der Waals surface area contributed by atoms with Crippen molar-refractivity contribution in [3.63, 3.8) is 0 Å². The van der Waals surface area contributed by atoms with Crippen LogP contribution in [0.25, 0.3) is 0 Å². The van der Waals surface area contributed by atoms with E-state index in [1.54, 1.807) is 0 Å². The van der Waals surface area contributed by atoms with E-state index in [-0.39, 0.29) is 0 Å². The third-order valence-corrected chi connectivity index (χ3v) is 6.74. The molecule has 0 spiro atoms. The van der Waals surface area contributed by atoms with Crippen LogP contribution in [0, 0.1) is 23.7 Å². The lowest BCUT2D eigenvalue weighted by molar-refractivity contribution is -0.144. The van der Waals surface area contributed by atoms with Gasteiger partial charge in [-0.2, -0.15) is 0 Å². The number of carbonyl (C=O) groups is 1. The first-order valence-electron chi connectivity index (χ1n) is 10.3. The van der Waals surface area contributed by atoms with Gasteiger partial charge in [0.2, 0.25) is 5.91 Å². The minimum Gasteiger partial charge on any atom is -0.342 e. The summed E-state index contributed by atoms with van der Waals surface area (Å²) in [5.41, 5.74) is 0. The molecule has 138 valence electrons. The zero-order valence-corrected chi connectivity index (χ0v) is 16.0. The Morgan fingerprint density at radius 2 is 1.54 bits per heavy atom. The summed E-state index contributed by atoms with van der Waals surface area (Å²) < 4.78 is 0. The molecular formula is C20H37N3O. The molecule has 24 heavy (non-hydrogen) atoms. The molecule has 3 fully saturated rings. The molecule has 0 saturated carbocycles. The summed E-state index contributed by atoms with van der Waals surface area (Å²) in [6, 6.07) is 0. The van der Waals surface area contributed by atoms with Gasteiger partial charge in [-0.05, 0) is 70.2 Å². The van der Waals surface area contributed by atoms with Crippen molar-refractivity contribution < 1.29 is 4.79 Å². The van der Waals surface area contributed by atoms with Gasteiger partial charge in [0.15, 0.2) is 0 Å². The number of amides is 1. The summed E-state index contributed by atoms with van der Waals surface area (Å²) in [7, 11) is 0. The highest BCUT2D eigenvalue weighted by molar-refractivity contribution is 5.79. The van der Waals surface area contributed by atoms with Crippen molar-refractivity contribution in [3.05, 3.63) is 0 Å².